The molecule has 6 heteroatoms. The molecule has 0 spiro atoms. The van der Waals surface area contributed by atoms with Gasteiger partial charge in [0.25, 0.3) is 5.91 Å². The van der Waals surface area contributed by atoms with E-state index in [-0.39, 0.29) is 11.9 Å². The van der Waals surface area contributed by atoms with Gasteiger partial charge in [-0.15, -0.1) is 5.10 Å². The van der Waals surface area contributed by atoms with Gasteiger partial charge in [0.15, 0.2) is 0 Å². The summed E-state index contributed by atoms with van der Waals surface area (Å²) in [6.07, 6.45) is 1.71. The Balaban J connectivity index is 2.84. The molecular weight excluding hydrogens is 302 g/mol. The number of nitrogens with zero attached hydrogens (tertiary/aromatic N) is 3. The molecule has 0 N–H and O–H groups in total. The molecule has 0 saturated heterocycles. The predicted octanol–water partition coefficient (Wildman–Crippen LogP) is 2.74. The molecule has 0 radical (unpaired) electrons. The van der Waals surface area contributed by atoms with Gasteiger partial charge in [-0.25, -0.2) is 0 Å². The second kappa shape index (κ2) is 7.06. The van der Waals surface area contributed by atoms with Crippen LogP contribution in [0.3, 0.4) is 0 Å². The normalized spacial score (nSPS) is 10.9. The van der Waals surface area contributed by atoms with Gasteiger partial charge in [0.2, 0.25) is 0 Å². The number of alkyl halides is 1. The quantitative estimate of drug-likeness (QED) is 0.757. The zero-order valence-electron chi connectivity index (χ0n) is 10.4. The van der Waals surface area contributed by atoms with Crippen molar-refractivity contribution in [3.63, 3.8) is 0 Å². The SMILES string of the molecule is CCc1nnsc1C(=O)N(CCCBr)C(C)C. The van der Waals surface area contributed by atoms with Gasteiger partial charge in [-0.2, -0.15) is 0 Å². The van der Waals surface area contributed by atoms with E-state index in [1.54, 1.807) is 0 Å². The van der Waals surface area contributed by atoms with E-state index in [2.05, 4.69) is 25.5 Å². The number of aromatic nitrogens is 2. The lowest BCUT2D eigenvalue weighted by Gasteiger charge is -2.26. The molecule has 1 rings (SSSR count). The molecule has 0 aliphatic rings. The van der Waals surface area contributed by atoms with Gasteiger partial charge in [-0.1, -0.05) is 27.3 Å². The molecule has 0 atom stereocenters. The van der Waals surface area contributed by atoms with Crippen LogP contribution in [0.2, 0.25) is 0 Å². The molecule has 0 bridgehead atoms. The maximum Gasteiger partial charge on any atom is 0.267 e. The second-order valence-electron chi connectivity index (χ2n) is 4.04. The van der Waals surface area contributed by atoms with Gasteiger partial charge in [0, 0.05) is 17.9 Å². The molecule has 96 valence electrons. The van der Waals surface area contributed by atoms with E-state index in [9.17, 15) is 4.79 Å². The summed E-state index contributed by atoms with van der Waals surface area (Å²) < 4.78 is 3.87. The van der Waals surface area contributed by atoms with Crippen LogP contribution in [0.25, 0.3) is 0 Å². The van der Waals surface area contributed by atoms with E-state index in [1.165, 1.54) is 11.5 Å². The number of amides is 1. The molecule has 0 saturated carbocycles. The number of hydrogen-bond acceptors (Lipinski definition) is 4. The van der Waals surface area contributed by atoms with Gasteiger partial charge in [-0.3, -0.25) is 4.79 Å². The summed E-state index contributed by atoms with van der Waals surface area (Å²) >= 11 is 4.59. The van der Waals surface area contributed by atoms with Crippen LogP contribution in [0.15, 0.2) is 0 Å². The molecule has 0 aromatic carbocycles. The lowest BCUT2D eigenvalue weighted by Crippen LogP contribution is -2.37. The highest BCUT2D eigenvalue weighted by molar-refractivity contribution is 9.09. The summed E-state index contributed by atoms with van der Waals surface area (Å²) in [4.78, 5) is 14.9. The van der Waals surface area contributed by atoms with E-state index < -0.39 is 0 Å². The summed E-state index contributed by atoms with van der Waals surface area (Å²) in [5.74, 6) is 0.0628. The minimum absolute atomic E-state index is 0.0628. The Morgan fingerprint density at radius 2 is 2.24 bits per heavy atom. The maximum absolute atomic E-state index is 12.4. The lowest BCUT2D eigenvalue weighted by molar-refractivity contribution is 0.0710. The summed E-state index contributed by atoms with van der Waals surface area (Å²) in [5.41, 5.74) is 0.810. The largest absolute Gasteiger partial charge is 0.335 e. The molecule has 0 aliphatic carbocycles. The van der Waals surface area contributed by atoms with Crippen LogP contribution in [0, 0.1) is 0 Å². The fourth-order valence-electron chi connectivity index (χ4n) is 1.56. The smallest absolute Gasteiger partial charge is 0.267 e. The van der Waals surface area contributed by atoms with Crippen LogP contribution in [0.5, 0.6) is 0 Å². The van der Waals surface area contributed by atoms with Crippen LogP contribution < -0.4 is 0 Å². The van der Waals surface area contributed by atoms with Crippen molar-refractivity contribution in [3.8, 4) is 0 Å². The standard InChI is InChI=1S/C11H18BrN3OS/c1-4-9-10(17-14-13-9)11(16)15(8(2)3)7-5-6-12/h8H,4-7H2,1-3H3. The highest BCUT2D eigenvalue weighted by Crippen LogP contribution is 2.16. The molecule has 1 amide bonds. The average molecular weight is 320 g/mol. The molecule has 0 unspecified atom stereocenters. The van der Waals surface area contributed by atoms with E-state index in [4.69, 9.17) is 0 Å². The Bertz CT molecular complexity index is 367. The summed E-state index contributed by atoms with van der Waals surface area (Å²) in [6.45, 7) is 6.83. The molecule has 1 heterocycles. The monoisotopic (exact) mass is 319 g/mol. The van der Waals surface area contributed by atoms with Crippen LogP contribution in [0.1, 0.15) is 42.6 Å². The number of carbonyl (C=O) groups is 1. The van der Waals surface area contributed by atoms with E-state index in [0.29, 0.717) is 4.88 Å². The number of hydrogen-bond donors (Lipinski definition) is 0. The first kappa shape index (κ1) is 14.6. The maximum atomic E-state index is 12.4. The minimum atomic E-state index is 0.0628. The van der Waals surface area contributed by atoms with Crippen molar-refractivity contribution < 1.29 is 4.79 Å². The summed E-state index contributed by atoms with van der Waals surface area (Å²) in [7, 11) is 0. The lowest BCUT2D eigenvalue weighted by atomic mass is 10.2. The number of rotatable bonds is 6. The Morgan fingerprint density at radius 3 is 2.76 bits per heavy atom. The van der Waals surface area contributed by atoms with Crippen LogP contribution in [0.4, 0.5) is 0 Å². The predicted molar refractivity (Wildman–Crippen MR) is 73.9 cm³/mol. The van der Waals surface area contributed by atoms with Crippen molar-refractivity contribution in [1.82, 2.24) is 14.5 Å². The van der Waals surface area contributed by atoms with Gasteiger partial charge >= 0.3 is 0 Å². The number of carbonyl (C=O) groups excluding carboxylic acids is 1. The number of aryl methyl sites for hydroxylation is 1. The first-order chi connectivity index (χ1) is 8.11. The van der Waals surface area contributed by atoms with E-state index in [0.717, 1.165) is 30.4 Å². The van der Waals surface area contributed by atoms with Gasteiger partial charge in [0.05, 0.1) is 5.69 Å². The Morgan fingerprint density at radius 1 is 1.53 bits per heavy atom. The van der Waals surface area contributed by atoms with Crippen molar-refractivity contribution in [3.05, 3.63) is 10.6 Å². The highest BCUT2D eigenvalue weighted by atomic mass is 79.9. The third-order valence-electron chi connectivity index (χ3n) is 2.50. The summed E-state index contributed by atoms with van der Waals surface area (Å²) in [6, 6.07) is 0.202. The molecule has 4 nitrogen and oxygen atoms in total. The molecule has 17 heavy (non-hydrogen) atoms. The van der Waals surface area contributed by atoms with Crippen molar-refractivity contribution in [2.75, 3.05) is 11.9 Å². The molecular formula is C11H18BrN3OS. The van der Waals surface area contributed by atoms with Crippen molar-refractivity contribution >= 4 is 33.4 Å². The highest BCUT2D eigenvalue weighted by Gasteiger charge is 2.23. The molecule has 1 aromatic heterocycles. The number of halogens is 1. The topological polar surface area (TPSA) is 46.1 Å². The van der Waals surface area contributed by atoms with Gasteiger partial charge in [-0.05, 0) is 38.2 Å². The Labute approximate surface area is 115 Å². The Hall–Kier alpha value is -0.490. The molecule has 0 fully saturated rings. The average Bonchev–Trinajstić information content (AvgIpc) is 2.76. The summed E-state index contributed by atoms with van der Waals surface area (Å²) in [5, 5.41) is 4.90. The second-order valence-corrected chi connectivity index (χ2v) is 5.58. The molecule has 1 aromatic rings. The third kappa shape index (κ3) is 3.74. The first-order valence-electron chi connectivity index (χ1n) is 5.80. The van der Waals surface area contributed by atoms with E-state index >= 15 is 0 Å². The fourth-order valence-corrected chi connectivity index (χ4v) is 2.51. The van der Waals surface area contributed by atoms with Crippen LogP contribution in [-0.4, -0.2) is 38.3 Å². The van der Waals surface area contributed by atoms with Crippen LogP contribution >= 0.6 is 27.5 Å². The van der Waals surface area contributed by atoms with Gasteiger partial charge < -0.3 is 4.90 Å². The Kier molecular flexibility index (Phi) is 6.05. The third-order valence-corrected chi connectivity index (χ3v) is 3.82. The van der Waals surface area contributed by atoms with Crippen molar-refractivity contribution in [2.24, 2.45) is 0 Å². The zero-order chi connectivity index (χ0) is 12.8. The first-order valence-corrected chi connectivity index (χ1v) is 7.69. The molecule has 0 aliphatic heterocycles. The van der Waals surface area contributed by atoms with E-state index in [1.807, 2.05) is 25.7 Å². The minimum Gasteiger partial charge on any atom is -0.335 e. The fraction of sp³-hybridized carbons (Fsp3) is 0.727. The van der Waals surface area contributed by atoms with Crippen molar-refractivity contribution in [1.29, 1.82) is 0 Å². The van der Waals surface area contributed by atoms with Crippen molar-refractivity contribution in [2.45, 2.75) is 39.7 Å². The van der Waals surface area contributed by atoms with Gasteiger partial charge in [0.1, 0.15) is 4.88 Å². The zero-order valence-corrected chi connectivity index (χ0v) is 12.8. The van der Waals surface area contributed by atoms with Crippen LogP contribution in [-0.2, 0) is 6.42 Å².